The molecule has 0 aliphatic carbocycles. The summed E-state index contributed by atoms with van der Waals surface area (Å²) < 4.78 is 36.3. The minimum atomic E-state index is -3.43. The lowest BCUT2D eigenvalue weighted by molar-refractivity contribution is -0.141. The van der Waals surface area contributed by atoms with Crippen LogP contribution in [-0.4, -0.2) is 50.7 Å². The van der Waals surface area contributed by atoms with E-state index in [0.717, 1.165) is 0 Å². The lowest BCUT2D eigenvalue weighted by Gasteiger charge is -2.05. The molecule has 0 amide bonds. The summed E-state index contributed by atoms with van der Waals surface area (Å²) in [6, 6.07) is 0. The van der Waals surface area contributed by atoms with Crippen molar-refractivity contribution in [3.05, 3.63) is 12.4 Å². The second kappa shape index (κ2) is 7.10. The van der Waals surface area contributed by atoms with E-state index in [4.69, 9.17) is 4.74 Å². The second-order valence-corrected chi connectivity index (χ2v) is 5.61. The van der Waals surface area contributed by atoms with Gasteiger partial charge >= 0.3 is 5.97 Å². The first kappa shape index (κ1) is 15.4. The number of carbonyl (C=O) groups is 1. The highest BCUT2D eigenvalue weighted by Gasteiger charge is 2.12. The fourth-order valence-electron chi connectivity index (χ4n) is 1.32. The normalized spacial score (nSPS) is 11.3. The molecule has 0 aromatic carbocycles. The van der Waals surface area contributed by atoms with Crippen molar-refractivity contribution < 1.29 is 22.7 Å². The molecule has 108 valence electrons. The maximum absolute atomic E-state index is 11.7. The number of nitrogens with zero attached hydrogens (tertiary/aromatic N) is 2. The average Bonchev–Trinajstić information content (AvgIpc) is 2.75. The summed E-state index contributed by atoms with van der Waals surface area (Å²) in [6.45, 7) is 0.310. The number of rotatable bonds is 8. The summed E-state index contributed by atoms with van der Waals surface area (Å²) >= 11 is 0. The van der Waals surface area contributed by atoms with Crippen LogP contribution in [0.5, 0.6) is 0 Å². The summed E-state index contributed by atoms with van der Waals surface area (Å²) in [5.74, 6) is -0.499. The number of nitrogens with one attached hydrogen (secondary N) is 1. The van der Waals surface area contributed by atoms with E-state index in [-0.39, 0.29) is 12.3 Å². The molecule has 1 aromatic heterocycles. The Morgan fingerprint density at radius 3 is 2.84 bits per heavy atom. The van der Waals surface area contributed by atoms with E-state index in [1.807, 2.05) is 0 Å². The molecule has 0 fully saturated rings. The third-order valence-electron chi connectivity index (χ3n) is 2.19. The molecule has 1 aromatic rings. The number of hydrogen-bond donors (Lipinski definition) is 1. The lowest BCUT2D eigenvalue weighted by atomic mass is 10.5. The topological polar surface area (TPSA) is 99.5 Å². The van der Waals surface area contributed by atoms with E-state index < -0.39 is 16.0 Å². The molecule has 8 nitrogen and oxygen atoms in total. The van der Waals surface area contributed by atoms with Crippen LogP contribution in [-0.2, 0) is 30.8 Å². The molecule has 0 atom stereocenters. The van der Waals surface area contributed by atoms with E-state index in [0.29, 0.717) is 18.7 Å². The van der Waals surface area contributed by atoms with E-state index >= 15 is 0 Å². The van der Waals surface area contributed by atoms with Gasteiger partial charge in [0.1, 0.15) is 6.54 Å². The van der Waals surface area contributed by atoms with Crippen LogP contribution in [0.4, 0.5) is 5.69 Å². The Morgan fingerprint density at radius 1 is 1.47 bits per heavy atom. The van der Waals surface area contributed by atoms with Crippen LogP contribution >= 0.6 is 0 Å². The van der Waals surface area contributed by atoms with Gasteiger partial charge in [-0.1, -0.05) is 0 Å². The maximum Gasteiger partial charge on any atom is 0.327 e. The summed E-state index contributed by atoms with van der Waals surface area (Å²) in [6.07, 6.45) is 3.16. The minimum absolute atomic E-state index is 0.0387. The van der Waals surface area contributed by atoms with Gasteiger partial charge in [-0.05, 0) is 6.42 Å². The number of carbonyl (C=O) groups excluding carboxylic acids is 1. The first-order valence-corrected chi connectivity index (χ1v) is 7.21. The van der Waals surface area contributed by atoms with Crippen LogP contribution in [0, 0.1) is 0 Å². The molecule has 19 heavy (non-hydrogen) atoms. The molecule has 0 saturated carbocycles. The van der Waals surface area contributed by atoms with Crippen molar-refractivity contribution in [2.75, 3.05) is 31.3 Å². The number of sulfonamides is 1. The van der Waals surface area contributed by atoms with Crippen LogP contribution < -0.4 is 4.72 Å². The van der Waals surface area contributed by atoms with Gasteiger partial charge in [-0.25, -0.2) is 8.42 Å². The van der Waals surface area contributed by atoms with Crippen LogP contribution in [0.1, 0.15) is 6.42 Å². The lowest BCUT2D eigenvalue weighted by Crippen LogP contribution is -2.17. The standard InChI is InChI=1S/C10H17N3O5S/c1-17-4-3-5-19(15,16)12-9-6-11-13(7-9)8-10(14)18-2/h6-7,12H,3-5,8H2,1-2H3. The van der Waals surface area contributed by atoms with Gasteiger partial charge in [-0.15, -0.1) is 0 Å². The van der Waals surface area contributed by atoms with Crippen LogP contribution in [0.15, 0.2) is 12.4 Å². The van der Waals surface area contributed by atoms with Crippen LogP contribution in [0.2, 0.25) is 0 Å². The van der Waals surface area contributed by atoms with Gasteiger partial charge in [-0.3, -0.25) is 14.2 Å². The van der Waals surface area contributed by atoms with Crippen molar-refractivity contribution in [1.82, 2.24) is 9.78 Å². The summed E-state index contributed by atoms with van der Waals surface area (Å²) in [5.41, 5.74) is 0.307. The molecule has 0 aliphatic heterocycles. The first-order chi connectivity index (χ1) is 8.96. The number of esters is 1. The Bertz CT molecular complexity index is 511. The van der Waals surface area contributed by atoms with Crippen molar-refractivity contribution in [2.45, 2.75) is 13.0 Å². The molecule has 0 aliphatic rings. The summed E-state index contributed by atoms with van der Waals surface area (Å²) in [4.78, 5) is 11.0. The zero-order chi connectivity index (χ0) is 14.3. The van der Waals surface area contributed by atoms with Gasteiger partial charge in [0.25, 0.3) is 0 Å². The summed E-state index contributed by atoms with van der Waals surface area (Å²) in [5, 5.41) is 3.85. The molecule has 0 unspecified atom stereocenters. The van der Waals surface area contributed by atoms with Crippen molar-refractivity contribution in [3.8, 4) is 0 Å². The quantitative estimate of drug-likeness (QED) is 0.527. The molecule has 9 heteroatoms. The van der Waals surface area contributed by atoms with Crippen molar-refractivity contribution >= 4 is 21.7 Å². The smallest absolute Gasteiger partial charge is 0.327 e. The highest BCUT2D eigenvalue weighted by Crippen LogP contribution is 2.08. The zero-order valence-corrected chi connectivity index (χ0v) is 11.6. The highest BCUT2D eigenvalue weighted by molar-refractivity contribution is 7.92. The largest absolute Gasteiger partial charge is 0.468 e. The molecule has 0 bridgehead atoms. The van der Waals surface area contributed by atoms with E-state index in [2.05, 4.69) is 14.6 Å². The van der Waals surface area contributed by atoms with Crippen molar-refractivity contribution in [3.63, 3.8) is 0 Å². The minimum Gasteiger partial charge on any atom is -0.468 e. The van der Waals surface area contributed by atoms with Crippen molar-refractivity contribution in [2.24, 2.45) is 0 Å². The number of anilines is 1. The molecule has 1 N–H and O–H groups in total. The number of methoxy groups -OCH3 is 2. The third-order valence-corrected chi connectivity index (χ3v) is 3.56. The Hall–Kier alpha value is -1.61. The number of ether oxygens (including phenoxy) is 2. The SMILES string of the molecule is COCCCS(=O)(=O)Nc1cnn(CC(=O)OC)c1. The fourth-order valence-corrected chi connectivity index (χ4v) is 2.39. The number of hydrogen-bond acceptors (Lipinski definition) is 6. The predicted molar refractivity (Wildman–Crippen MR) is 68.1 cm³/mol. The maximum atomic E-state index is 11.7. The van der Waals surface area contributed by atoms with E-state index in [1.54, 1.807) is 0 Å². The molecule has 1 heterocycles. The summed E-state index contributed by atoms with van der Waals surface area (Å²) in [7, 11) is -0.647. The molecular formula is C10H17N3O5S. The molecule has 0 radical (unpaired) electrons. The first-order valence-electron chi connectivity index (χ1n) is 5.55. The van der Waals surface area contributed by atoms with Crippen molar-refractivity contribution in [1.29, 1.82) is 0 Å². The van der Waals surface area contributed by atoms with Gasteiger partial charge < -0.3 is 9.47 Å². The molecule has 0 saturated heterocycles. The Labute approximate surface area is 111 Å². The molecule has 0 spiro atoms. The van der Waals surface area contributed by atoms with Gasteiger partial charge in [0, 0.05) is 19.9 Å². The van der Waals surface area contributed by atoms with Gasteiger partial charge in [0.05, 0.1) is 24.7 Å². The highest BCUT2D eigenvalue weighted by atomic mass is 32.2. The van der Waals surface area contributed by atoms with E-state index in [9.17, 15) is 13.2 Å². The van der Waals surface area contributed by atoms with Crippen LogP contribution in [0.3, 0.4) is 0 Å². The van der Waals surface area contributed by atoms with Gasteiger partial charge in [-0.2, -0.15) is 5.10 Å². The van der Waals surface area contributed by atoms with Gasteiger partial charge in [0.15, 0.2) is 0 Å². The fraction of sp³-hybridized carbons (Fsp3) is 0.600. The third kappa shape index (κ3) is 5.71. The molecular weight excluding hydrogens is 274 g/mol. The molecule has 1 rings (SSSR count). The Kier molecular flexibility index (Phi) is 5.77. The Balaban J connectivity index is 2.55. The monoisotopic (exact) mass is 291 g/mol. The van der Waals surface area contributed by atoms with Crippen LogP contribution in [0.25, 0.3) is 0 Å². The van der Waals surface area contributed by atoms with Gasteiger partial charge in [0.2, 0.25) is 10.0 Å². The van der Waals surface area contributed by atoms with E-state index in [1.165, 1.54) is 31.3 Å². The second-order valence-electron chi connectivity index (χ2n) is 3.77. The Morgan fingerprint density at radius 2 is 2.21 bits per heavy atom. The number of aromatic nitrogens is 2. The predicted octanol–water partition coefficient (Wildman–Crippen LogP) is -0.166. The average molecular weight is 291 g/mol. The zero-order valence-electron chi connectivity index (χ0n) is 10.8.